The summed E-state index contributed by atoms with van der Waals surface area (Å²) in [7, 11) is -1.63. The maximum absolute atomic E-state index is 13.0. The molecule has 0 unspecified atom stereocenters. The van der Waals surface area contributed by atoms with Crippen molar-refractivity contribution < 1.29 is 41.7 Å². The topological polar surface area (TPSA) is 50.5 Å². The van der Waals surface area contributed by atoms with Crippen LogP contribution in [-0.2, 0) is 16.9 Å². The van der Waals surface area contributed by atoms with Crippen LogP contribution in [0.4, 0.5) is 11.4 Å². The summed E-state index contributed by atoms with van der Waals surface area (Å²) in [6.07, 6.45) is 3.98. The van der Waals surface area contributed by atoms with Gasteiger partial charge in [0.25, 0.3) is 0 Å². The Labute approximate surface area is 188 Å². The Kier molecular flexibility index (Phi) is 5.91. The van der Waals surface area contributed by atoms with E-state index >= 15 is 0 Å². The monoisotopic (exact) mass is 522 g/mol. The lowest BCUT2D eigenvalue weighted by Crippen LogP contribution is -3.00. The van der Waals surface area contributed by atoms with Crippen LogP contribution in [0, 0.1) is 0 Å². The summed E-state index contributed by atoms with van der Waals surface area (Å²) in [6, 6.07) is 17.7. The predicted molar refractivity (Wildman–Crippen MR) is 108 cm³/mol. The van der Waals surface area contributed by atoms with Crippen molar-refractivity contribution in [2.24, 2.45) is 7.05 Å². The quantitative estimate of drug-likeness (QED) is 0.375. The normalized spacial score (nSPS) is 15.1. The summed E-state index contributed by atoms with van der Waals surface area (Å²) in [4.78, 5) is 2.67. The first-order valence-electron chi connectivity index (χ1n) is 9.12. The number of rotatable bonds is 3. The molecule has 0 fully saturated rings. The Morgan fingerprint density at radius 3 is 2.28 bits per heavy atom. The molecule has 2 heterocycles. The second-order valence-corrected chi connectivity index (χ2v) is 9.57. The highest BCUT2D eigenvalue weighted by molar-refractivity contribution is 7.91. The standard InChI is InChI=1S/C22H23N2O3S.HI/c1-22(2)16-24(17-11-13-23(3)14-12-17)20-10-9-19(15-21(20)27-22)28(25,26)18-7-5-4-6-8-18;/h4-15H,16H2,1-3H3;1H/q+1;/p-1. The third-order valence-corrected chi connectivity index (χ3v) is 6.55. The summed E-state index contributed by atoms with van der Waals surface area (Å²) in [5.74, 6) is 0.571. The fraction of sp³-hybridized carbons (Fsp3) is 0.227. The third-order valence-electron chi connectivity index (χ3n) is 4.78. The van der Waals surface area contributed by atoms with E-state index in [-0.39, 0.29) is 33.8 Å². The molecule has 0 atom stereocenters. The molecular formula is C22H23IN2O3S. The summed E-state index contributed by atoms with van der Waals surface area (Å²) < 4.78 is 34.1. The number of hydrogen-bond acceptors (Lipinski definition) is 4. The number of hydrogen-bond donors (Lipinski definition) is 0. The largest absolute Gasteiger partial charge is 1.00 e. The highest BCUT2D eigenvalue weighted by Gasteiger charge is 2.34. The number of halogens is 1. The maximum atomic E-state index is 13.0. The van der Waals surface area contributed by atoms with E-state index in [4.69, 9.17) is 4.74 Å². The van der Waals surface area contributed by atoms with Gasteiger partial charge in [0.15, 0.2) is 12.4 Å². The van der Waals surface area contributed by atoms with Gasteiger partial charge in [0, 0.05) is 18.2 Å². The van der Waals surface area contributed by atoms with Crippen molar-refractivity contribution in [3.8, 4) is 5.75 Å². The molecule has 0 radical (unpaired) electrons. The van der Waals surface area contributed by atoms with Crippen LogP contribution in [-0.4, -0.2) is 20.6 Å². The average Bonchev–Trinajstić information content (AvgIpc) is 2.67. The minimum Gasteiger partial charge on any atom is -1.00 e. The van der Waals surface area contributed by atoms with Crippen molar-refractivity contribution in [1.29, 1.82) is 0 Å². The van der Waals surface area contributed by atoms with Crippen molar-refractivity contribution in [2.75, 3.05) is 11.4 Å². The van der Waals surface area contributed by atoms with Crippen molar-refractivity contribution in [3.63, 3.8) is 0 Å². The molecule has 29 heavy (non-hydrogen) atoms. The van der Waals surface area contributed by atoms with Gasteiger partial charge in [-0.2, -0.15) is 0 Å². The third kappa shape index (κ3) is 4.25. The molecule has 0 saturated carbocycles. The van der Waals surface area contributed by atoms with Crippen molar-refractivity contribution in [2.45, 2.75) is 29.2 Å². The molecule has 0 spiro atoms. The van der Waals surface area contributed by atoms with E-state index in [1.54, 1.807) is 42.5 Å². The summed E-state index contributed by atoms with van der Waals surface area (Å²) in [5.41, 5.74) is 1.44. The number of aryl methyl sites for hydroxylation is 1. The number of ether oxygens (including phenoxy) is 1. The van der Waals surface area contributed by atoms with Gasteiger partial charge in [-0.25, -0.2) is 13.0 Å². The van der Waals surface area contributed by atoms with Crippen LogP contribution in [0.25, 0.3) is 0 Å². The van der Waals surface area contributed by atoms with Crippen LogP contribution in [0.3, 0.4) is 0 Å². The van der Waals surface area contributed by atoms with E-state index < -0.39 is 15.4 Å². The molecule has 3 aromatic rings. The van der Waals surface area contributed by atoms with E-state index in [1.807, 2.05) is 56.1 Å². The molecule has 2 aromatic carbocycles. The van der Waals surface area contributed by atoms with E-state index in [0.29, 0.717) is 12.3 Å². The fourth-order valence-corrected chi connectivity index (χ4v) is 4.70. The van der Waals surface area contributed by atoms with Crippen LogP contribution in [0.2, 0.25) is 0 Å². The van der Waals surface area contributed by atoms with Crippen molar-refractivity contribution in [1.82, 2.24) is 0 Å². The van der Waals surface area contributed by atoms with Gasteiger partial charge in [-0.1, -0.05) is 18.2 Å². The number of aromatic nitrogens is 1. The predicted octanol–water partition coefficient (Wildman–Crippen LogP) is 0.657. The van der Waals surface area contributed by atoms with Gasteiger partial charge < -0.3 is 33.6 Å². The second-order valence-electron chi connectivity index (χ2n) is 7.62. The Morgan fingerprint density at radius 1 is 0.966 bits per heavy atom. The van der Waals surface area contributed by atoms with E-state index in [2.05, 4.69) is 4.90 Å². The smallest absolute Gasteiger partial charge is 0.206 e. The zero-order chi connectivity index (χ0) is 19.9. The summed E-state index contributed by atoms with van der Waals surface area (Å²) in [5, 5.41) is 0. The zero-order valence-electron chi connectivity index (χ0n) is 16.5. The highest BCUT2D eigenvalue weighted by Crippen LogP contribution is 2.42. The maximum Gasteiger partial charge on any atom is 0.206 e. The number of benzene rings is 2. The average molecular weight is 522 g/mol. The van der Waals surface area contributed by atoms with Crippen LogP contribution in [0.1, 0.15) is 13.8 Å². The number of sulfone groups is 1. The minimum absolute atomic E-state index is 0. The van der Waals surface area contributed by atoms with Crippen molar-refractivity contribution in [3.05, 3.63) is 73.1 Å². The fourth-order valence-electron chi connectivity index (χ4n) is 3.40. The number of fused-ring (bicyclic) bond motifs is 1. The van der Waals surface area contributed by atoms with Crippen LogP contribution in [0.15, 0.2) is 82.8 Å². The lowest BCUT2D eigenvalue weighted by atomic mass is 10.0. The Morgan fingerprint density at radius 2 is 1.62 bits per heavy atom. The molecule has 0 aliphatic carbocycles. The van der Waals surface area contributed by atoms with E-state index in [1.165, 1.54) is 0 Å². The first-order valence-corrected chi connectivity index (χ1v) is 10.6. The SMILES string of the molecule is C[n+]1ccc(N2CC(C)(C)Oc3cc(S(=O)(=O)c4ccccc4)ccc32)cc1.[I-]. The molecule has 0 saturated heterocycles. The molecule has 5 nitrogen and oxygen atoms in total. The highest BCUT2D eigenvalue weighted by atomic mass is 127. The van der Waals surface area contributed by atoms with Crippen LogP contribution < -0.4 is 38.2 Å². The molecular weight excluding hydrogens is 499 g/mol. The number of nitrogens with zero attached hydrogens (tertiary/aromatic N) is 2. The lowest BCUT2D eigenvalue weighted by molar-refractivity contribution is -0.671. The van der Waals surface area contributed by atoms with Gasteiger partial charge in [0.1, 0.15) is 18.4 Å². The molecule has 0 bridgehead atoms. The number of anilines is 2. The second kappa shape index (κ2) is 7.95. The first kappa shape index (κ1) is 21.6. The molecule has 152 valence electrons. The van der Waals surface area contributed by atoms with E-state index in [0.717, 1.165) is 11.4 Å². The lowest BCUT2D eigenvalue weighted by Gasteiger charge is -2.40. The van der Waals surface area contributed by atoms with Gasteiger partial charge in [-0.05, 0) is 38.1 Å². The van der Waals surface area contributed by atoms with Crippen LogP contribution in [0.5, 0.6) is 5.75 Å². The summed E-state index contributed by atoms with van der Waals surface area (Å²) in [6.45, 7) is 4.67. The summed E-state index contributed by atoms with van der Waals surface area (Å²) >= 11 is 0. The molecule has 0 N–H and O–H groups in total. The van der Waals surface area contributed by atoms with Crippen LogP contribution >= 0.6 is 0 Å². The first-order chi connectivity index (χ1) is 13.3. The molecule has 1 aromatic heterocycles. The Balaban J connectivity index is 0.00000240. The van der Waals surface area contributed by atoms with E-state index in [9.17, 15) is 8.42 Å². The molecule has 0 amide bonds. The van der Waals surface area contributed by atoms with Gasteiger partial charge in [-0.15, -0.1) is 0 Å². The molecule has 4 rings (SSSR count). The van der Waals surface area contributed by atoms with Gasteiger partial charge in [0.05, 0.1) is 27.7 Å². The molecule has 1 aliphatic heterocycles. The Bertz CT molecular complexity index is 1110. The van der Waals surface area contributed by atoms with Gasteiger partial charge in [0.2, 0.25) is 9.84 Å². The molecule has 1 aliphatic rings. The minimum atomic E-state index is -3.60. The number of pyridine rings is 1. The zero-order valence-corrected chi connectivity index (χ0v) is 19.5. The Hall–Kier alpha value is -2.13. The molecule has 7 heteroatoms. The van der Waals surface area contributed by atoms with Gasteiger partial charge in [-0.3, -0.25) is 0 Å². The van der Waals surface area contributed by atoms with Crippen molar-refractivity contribution >= 4 is 21.2 Å². The van der Waals surface area contributed by atoms with Gasteiger partial charge >= 0.3 is 0 Å².